The highest BCUT2D eigenvalue weighted by Crippen LogP contribution is 2.23. The van der Waals surface area contributed by atoms with Crippen LogP contribution in [0.1, 0.15) is 44.7 Å². The van der Waals surface area contributed by atoms with Gasteiger partial charge < -0.3 is 15.0 Å². The van der Waals surface area contributed by atoms with Crippen molar-refractivity contribution in [2.24, 2.45) is 0 Å². The number of nitrogens with one attached hydrogen (secondary N) is 1. The van der Waals surface area contributed by atoms with E-state index in [-0.39, 0.29) is 18.5 Å². The Morgan fingerprint density at radius 3 is 1.98 bits per heavy atom. The van der Waals surface area contributed by atoms with Crippen molar-refractivity contribution in [2.75, 3.05) is 23.7 Å². The van der Waals surface area contributed by atoms with Crippen LogP contribution in [0.4, 0.5) is 5.69 Å². The lowest BCUT2D eigenvalue weighted by atomic mass is 10.1. The first-order valence-corrected chi connectivity index (χ1v) is 15.9. The Kier molecular flexibility index (Phi) is 11.8. The minimum absolute atomic E-state index is 0.0437. The van der Waals surface area contributed by atoms with Crippen molar-refractivity contribution in [1.29, 1.82) is 0 Å². The summed E-state index contributed by atoms with van der Waals surface area (Å²) >= 11 is 0. The number of hydrogen-bond donors (Lipinski definition) is 1. The molecule has 0 saturated heterocycles. The van der Waals surface area contributed by atoms with E-state index in [1.54, 1.807) is 24.3 Å². The minimum atomic E-state index is -3.81. The average molecular weight is 580 g/mol. The maximum atomic E-state index is 13.8. The molecule has 0 aromatic heterocycles. The van der Waals surface area contributed by atoms with Crippen molar-refractivity contribution in [2.45, 2.75) is 58.7 Å². The number of benzene rings is 3. The van der Waals surface area contributed by atoms with Gasteiger partial charge in [-0.05, 0) is 61.6 Å². The van der Waals surface area contributed by atoms with Crippen LogP contribution in [0.2, 0.25) is 0 Å². The van der Waals surface area contributed by atoms with E-state index in [0.717, 1.165) is 28.1 Å². The summed E-state index contributed by atoms with van der Waals surface area (Å²) in [6.45, 7) is 5.98. The topological polar surface area (TPSA) is 96.0 Å². The van der Waals surface area contributed by atoms with Gasteiger partial charge in [-0.1, -0.05) is 74.5 Å². The molecule has 0 bridgehead atoms. The smallest absolute Gasteiger partial charge is 0.244 e. The van der Waals surface area contributed by atoms with Gasteiger partial charge in [0.25, 0.3) is 0 Å². The van der Waals surface area contributed by atoms with Crippen LogP contribution in [0.5, 0.6) is 5.75 Å². The third-order valence-electron chi connectivity index (χ3n) is 6.92. The van der Waals surface area contributed by atoms with Gasteiger partial charge in [-0.2, -0.15) is 0 Å². The van der Waals surface area contributed by atoms with E-state index in [1.807, 2.05) is 81.4 Å². The van der Waals surface area contributed by atoms with Crippen molar-refractivity contribution < 1.29 is 22.7 Å². The van der Waals surface area contributed by atoms with Crippen molar-refractivity contribution in [3.63, 3.8) is 0 Å². The van der Waals surface area contributed by atoms with E-state index < -0.39 is 28.5 Å². The van der Waals surface area contributed by atoms with Crippen LogP contribution in [-0.4, -0.2) is 56.6 Å². The molecule has 220 valence electrons. The molecular weight excluding hydrogens is 538 g/mol. The highest BCUT2D eigenvalue weighted by molar-refractivity contribution is 7.92. The fraction of sp³-hybridized carbons (Fsp3) is 0.375. The summed E-state index contributed by atoms with van der Waals surface area (Å²) < 4.78 is 32.6. The lowest BCUT2D eigenvalue weighted by molar-refractivity contribution is -0.139. The Labute approximate surface area is 244 Å². The number of amides is 2. The molecular formula is C32H41N3O5S. The van der Waals surface area contributed by atoms with Gasteiger partial charge in [0, 0.05) is 12.6 Å². The van der Waals surface area contributed by atoms with Gasteiger partial charge in [0.1, 0.15) is 24.9 Å². The van der Waals surface area contributed by atoms with E-state index in [9.17, 15) is 18.0 Å². The highest BCUT2D eigenvalue weighted by atomic mass is 32.2. The summed E-state index contributed by atoms with van der Waals surface area (Å²) in [5.41, 5.74) is 2.37. The number of nitrogens with zero attached hydrogens (tertiary/aromatic N) is 2. The average Bonchev–Trinajstić information content (AvgIpc) is 2.97. The summed E-state index contributed by atoms with van der Waals surface area (Å²) in [6, 6.07) is 25.3. The molecule has 0 aliphatic heterocycles. The van der Waals surface area contributed by atoms with E-state index in [4.69, 9.17) is 4.74 Å². The van der Waals surface area contributed by atoms with Crippen LogP contribution in [0.3, 0.4) is 0 Å². The summed E-state index contributed by atoms with van der Waals surface area (Å²) in [6.07, 6.45) is 2.76. The molecule has 3 rings (SSSR count). The van der Waals surface area contributed by atoms with E-state index in [2.05, 4.69) is 5.32 Å². The highest BCUT2D eigenvalue weighted by Gasteiger charge is 2.31. The molecule has 0 fully saturated rings. The van der Waals surface area contributed by atoms with Crippen molar-refractivity contribution in [1.82, 2.24) is 10.2 Å². The monoisotopic (exact) mass is 579 g/mol. The first kappa shape index (κ1) is 31.7. The molecule has 0 aliphatic carbocycles. The first-order chi connectivity index (χ1) is 19.6. The molecule has 0 spiro atoms. The summed E-state index contributed by atoms with van der Waals surface area (Å²) in [5.74, 6) is -0.106. The number of hydrogen-bond acceptors (Lipinski definition) is 5. The molecule has 41 heavy (non-hydrogen) atoms. The maximum absolute atomic E-state index is 13.8. The molecule has 0 aliphatic rings. The van der Waals surface area contributed by atoms with Crippen LogP contribution in [0.25, 0.3) is 0 Å². The SMILES string of the molecule is CC[C@H](C(=O)N[C@@H](C)CC)N(CCc1ccccc1)C(=O)CN(c1ccc(OCc2ccccc2)cc1)S(C)(=O)=O. The Hall–Kier alpha value is -3.85. The van der Waals surface area contributed by atoms with Gasteiger partial charge in [0.2, 0.25) is 21.8 Å². The van der Waals surface area contributed by atoms with E-state index in [1.165, 1.54) is 4.90 Å². The fourth-order valence-electron chi connectivity index (χ4n) is 4.40. The first-order valence-electron chi connectivity index (χ1n) is 14.0. The standard InChI is InChI=1S/C32H41N3O5S/c1-5-25(3)33-32(37)30(6-2)34(22-21-26-13-9-7-10-14-26)31(36)23-35(41(4,38)39)28-17-19-29(20-18-28)40-24-27-15-11-8-12-16-27/h7-20,25,30H,5-6,21-24H2,1-4H3,(H,33,37)/t25-,30+/m0/s1. The molecule has 3 aromatic rings. The van der Waals surface area contributed by atoms with Crippen LogP contribution in [-0.2, 0) is 32.6 Å². The zero-order valence-corrected chi connectivity index (χ0v) is 25.1. The number of carbonyl (C=O) groups excluding carboxylic acids is 2. The predicted molar refractivity (Wildman–Crippen MR) is 163 cm³/mol. The second-order valence-electron chi connectivity index (χ2n) is 10.1. The molecule has 0 radical (unpaired) electrons. The number of sulfonamides is 1. The zero-order valence-electron chi connectivity index (χ0n) is 24.3. The molecule has 0 saturated carbocycles. The Balaban J connectivity index is 1.81. The van der Waals surface area contributed by atoms with E-state index >= 15 is 0 Å². The molecule has 2 amide bonds. The molecule has 0 heterocycles. The summed E-state index contributed by atoms with van der Waals surface area (Å²) in [7, 11) is -3.81. The van der Waals surface area contributed by atoms with Crippen LogP contribution >= 0.6 is 0 Å². The van der Waals surface area contributed by atoms with Gasteiger partial charge >= 0.3 is 0 Å². The minimum Gasteiger partial charge on any atom is -0.489 e. The lowest BCUT2D eigenvalue weighted by Gasteiger charge is -2.33. The molecule has 2 atom stereocenters. The Morgan fingerprint density at radius 2 is 1.44 bits per heavy atom. The second-order valence-corrected chi connectivity index (χ2v) is 12.0. The normalized spacial score (nSPS) is 12.7. The van der Waals surface area contributed by atoms with E-state index in [0.29, 0.717) is 30.9 Å². The molecule has 1 N–H and O–H groups in total. The largest absolute Gasteiger partial charge is 0.489 e. The Bertz CT molecular complexity index is 1350. The molecule has 3 aromatic carbocycles. The van der Waals surface area contributed by atoms with Crippen molar-refractivity contribution in [3.8, 4) is 5.75 Å². The predicted octanol–water partition coefficient (Wildman–Crippen LogP) is 4.80. The summed E-state index contributed by atoms with van der Waals surface area (Å²) in [5, 5.41) is 2.98. The third-order valence-corrected chi connectivity index (χ3v) is 8.06. The molecule has 8 nitrogen and oxygen atoms in total. The van der Waals surface area contributed by atoms with Crippen LogP contribution in [0, 0.1) is 0 Å². The van der Waals surface area contributed by atoms with Crippen LogP contribution in [0.15, 0.2) is 84.9 Å². The quantitative estimate of drug-likeness (QED) is 0.279. The maximum Gasteiger partial charge on any atom is 0.244 e. The number of anilines is 1. The number of rotatable bonds is 15. The van der Waals surface area contributed by atoms with Crippen LogP contribution < -0.4 is 14.4 Å². The number of ether oxygens (including phenoxy) is 1. The van der Waals surface area contributed by atoms with Gasteiger partial charge in [0.05, 0.1) is 11.9 Å². The zero-order chi connectivity index (χ0) is 29.8. The molecule has 9 heteroatoms. The molecule has 0 unspecified atom stereocenters. The van der Waals surface area contributed by atoms with Gasteiger partial charge in [-0.15, -0.1) is 0 Å². The number of carbonyl (C=O) groups is 2. The van der Waals surface area contributed by atoms with Crippen molar-refractivity contribution >= 4 is 27.5 Å². The Morgan fingerprint density at radius 1 is 0.854 bits per heavy atom. The fourth-order valence-corrected chi connectivity index (χ4v) is 5.25. The second kappa shape index (κ2) is 15.2. The lowest BCUT2D eigenvalue weighted by Crippen LogP contribution is -2.54. The van der Waals surface area contributed by atoms with Gasteiger partial charge in [-0.3, -0.25) is 13.9 Å². The summed E-state index contributed by atoms with van der Waals surface area (Å²) in [4.78, 5) is 28.5. The van der Waals surface area contributed by atoms with Gasteiger partial charge in [-0.25, -0.2) is 8.42 Å². The van der Waals surface area contributed by atoms with Gasteiger partial charge in [0.15, 0.2) is 0 Å². The third kappa shape index (κ3) is 9.63. The van der Waals surface area contributed by atoms with Crippen molar-refractivity contribution in [3.05, 3.63) is 96.1 Å².